The zero-order valence-electron chi connectivity index (χ0n) is 25.8. The average Bonchev–Trinajstić information content (AvgIpc) is 3.66. The number of unbranched alkanes of at least 4 members (excludes halogenated alkanes) is 1. The van der Waals surface area contributed by atoms with Crippen LogP contribution in [0.3, 0.4) is 0 Å². The highest BCUT2D eigenvalue weighted by Crippen LogP contribution is 2.21. The molecule has 4 unspecified atom stereocenters. The summed E-state index contributed by atoms with van der Waals surface area (Å²) < 4.78 is 0. The first-order valence-electron chi connectivity index (χ1n) is 15.5. The summed E-state index contributed by atoms with van der Waals surface area (Å²) in [6.07, 6.45) is 4.21. The Morgan fingerprint density at radius 3 is 1.66 bits per heavy atom. The number of nitrogens with one attached hydrogen (secondary N) is 5. The van der Waals surface area contributed by atoms with Crippen molar-refractivity contribution in [1.82, 2.24) is 25.9 Å². The van der Waals surface area contributed by atoms with Crippen LogP contribution in [0.25, 0.3) is 21.8 Å². The molecular weight excluding hydrogens is 606 g/mol. The number of nitrogens with two attached hydrogens (primary N) is 2. The molecule has 0 aliphatic heterocycles. The van der Waals surface area contributed by atoms with Crippen molar-refractivity contribution in [2.45, 2.75) is 69.1 Å². The molecule has 0 aliphatic rings. The third kappa shape index (κ3) is 9.40. The number of hydrogen-bond acceptors (Lipinski definition) is 7. The molecule has 47 heavy (non-hydrogen) atoms. The number of fused-ring (bicyclic) bond motifs is 2. The van der Waals surface area contributed by atoms with Gasteiger partial charge in [0.1, 0.15) is 18.1 Å². The fourth-order valence-corrected chi connectivity index (χ4v) is 5.44. The molecule has 11 N–H and O–H groups in total. The fourth-order valence-electron chi connectivity index (χ4n) is 5.44. The van der Waals surface area contributed by atoms with Crippen LogP contribution < -0.4 is 27.4 Å². The maximum absolute atomic E-state index is 14.0. The van der Waals surface area contributed by atoms with E-state index in [0.29, 0.717) is 30.5 Å². The molecule has 4 atom stereocenters. The Morgan fingerprint density at radius 1 is 0.681 bits per heavy atom. The fraction of sp³-hybridized carbons (Fsp3) is 0.364. The van der Waals surface area contributed by atoms with Gasteiger partial charge in [-0.1, -0.05) is 36.4 Å². The Bertz CT molecular complexity index is 1720. The monoisotopic (exact) mass is 647 g/mol. The highest BCUT2D eigenvalue weighted by atomic mass is 16.4. The summed E-state index contributed by atoms with van der Waals surface area (Å²) in [5.41, 5.74) is 14.6. The van der Waals surface area contributed by atoms with Gasteiger partial charge in [-0.05, 0) is 55.5 Å². The summed E-state index contributed by atoms with van der Waals surface area (Å²) in [5, 5.41) is 28.4. The van der Waals surface area contributed by atoms with Crippen LogP contribution in [0.5, 0.6) is 0 Å². The lowest BCUT2D eigenvalue weighted by atomic mass is 10.0. The van der Waals surface area contributed by atoms with Crippen LogP contribution in [-0.2, 0) is 36.8 Å². The molecule has 2 aromatic heterocycles. The van der Waals surface area contributed by atoms with Crippen molar-refractivity contribution in [3.63, 3.8) is 0 Å². The number of H-pyrrole nitrogens is 2. The largest absolute Gasteiger partial charge is 0.481 e. The van der Waals surface area contributed by atoms with Gasteiger partial charge in [0.2, 0.25) is 17.7 Å². The Morgan fingerprint density at radius 2 is 1.17 bits per heavy atom. The first-order chi connectivity index (χ1) is 22.6. The molecule has 0 saturated heterocycles. The second-order valence-electron chi connectivity index (χ2n) is 11.5. The van der Waals surface area contributed by atoms with Crippen molar-refractivity contribution in [1.29, 1.82) is 0 Å². The van der Waals surface area contributed by atoms with Crippen LogP contribution in [0.1, 0.15) is 43.2 Å². The molecule has 0 radical (unpaired) electrons. The van der Waals surface area contributed by atoms with E-state index in [1.165, 1.54) is 0 Å². The van der Waals surface area contributed by atoms with Gasteiger partial charge in [-0.25, -0.2) is 4.79 Å². The number of benzene rings is 2. The van der Waals surface area contributed by atoms with Gasteiger partial charge in [0.05, 0.1) is 6.04 Å². The summed E-state index contributed by atoms with van der Waals surface area (Å²) in [6.45, 7) is 0.378. The molecule has 2 aromatic carbocycles. The lowest BCUT2D eigenvalue weighted by molar-refractivity contribution is -0.142. The van der Waals surface area contributed by atoms with Crippen LogP contribution >= 0.6 is 0 Å². The van der Waals surface area contributed by atoms with Gasteiger partial charge in [-0.3, -0.25) is 19.2 Å². The molecule has 14 nitrogen and oxygen atoms in total. The van der Waals surface area contributed by atoms with Crippen molar-refractivity contribution < 1.29 is 34.2 Å². The molecule has 4 aromatic rings. The average molecular weight is 648 g/mol. The van der Waals surface area contributed by atoms with Crippen LogP contribution in [0.4, 0.5) is 0 Å². The van der Waals surface area contributed by atoms with Gasteiger partial charge < -0.3 is 47.6 Å². The zero-order chi connectivity index (χ0) is 33.9. The van der Waals surface area contributed by atoms with E-state index in [4.69, 9.17) is 16.6 Å². The van der Waals surface area contributed by atoms with Crippen molar-refractivity contribution in [2.75, 3.05) is 6.54 Å². The number of para-hydroxylation sites is 2. The first-order valence-corrected chi connectivity index (χ1v) is 15.5. The summed E-state index contributed by atoms with van der Waals surface area (Å²) in [4.78, 5) is 70.0. The van der Waals surface area contributed by atoms with E-state index in [-0.39, 0.29) is 32.1 Å². The number of amides is 3. The number of carboxylic acid groups (broad SMARTS) is 2. The summed E-state index contributed by atoms with van der Waals surface area (Å²) in [6, 6.07) is 10.0. The lowest BCUT2D eigenvalue weighted by Gasteiger charge is -2.25. The van der Waals surface area contributed by atoms with E-state index in [2.05, 4.69) is 25.9 Å². The Balaban J connectivity index is 1.62. The van der Waals surface area contributed by atoms with Crippen molar-refractivity contribution in [3.8, 4) is 0 Å². The van der Waals surface area contributed by atoms with Crippen LogP contribution in [0, 0.1) is 0 Å². The first kappa shape index (κ1) is 34.7. The third-order valence-electron chi connectivity index (χ3n) is 8.03. The Labute approximate surface area is 270 Å². The van der Waals surface area contributed by atoms with E-state index >= 15 is 0 Å². The number of carboxylic acids is 2. The van der Waals surface area contributed by atoms with Gasteiger partial charge in [0.25, 0.3) is 0 Å². The Kier molecular flexibility index (Phi) is 12.1. The number of carbonyl (C=O) groups is 5. The number of hydrogen-bond donors (Lipinski definition) is 9. The molecule has 14 heteroatoms. The Hall–Kier alpha value is -5.21. The van der Waals surface area contributed by atoms with E-state index in [9.17, 15) is 29.1 Å². The second kappa shape index (κ2) is 16.4. The predicted octanol–water partition coefficient (Wildman–Crippen LogP) is 1.29. The standard InChI is InChI=1S/C33H41N7O7/c34-14-6-5-11-26(33(46)47)38-31(44)28(16-20-18-37-25-10-4-2-8-22(20)25)40-32(45)27(39-30(43)23(35)12-13-29(41)42)15-19-17-36-24-9-3-1-7-21(19)24/h1-4,7-10,17-18,23,26-28,36-37H,5-6,11-16,34-35H2,(H,38,44)(H,39,43)(H,40,45)(H,41,42)(H,46,47). The molecular formula is C33H41N7O7. The molecule has 3 amide bonds. The van der Waals surface area contributed by atoms with Crippen molar-refractivity contribution >= 4 is 51.5 Å². The SMILES string of the molecule is NCCCCC(NC(=O)C(Cc1c[nH]c2ccccc12)NC(=O)C(Cc1c[nH]c2ccccc12)NC(=O)C(N)CCC(=O)O)C(=O)O. The normalized spacial score (nSPS) is 13.8. The molecule has 0 fully saturated rings. The minimum Gasteiger partial charge on any atom is -0.481 e. The highest BCUT2D eigenvalue weighted by Gasteiger charge is 2.31. The maximum Gasteiger partial charge on any atom is 0.326 e. The number of aliphatic carboxylic acids is 2. The molecule has 0 spiro atoms. The zero-order valence-corrected chi connectivity index (χ0v) is 25.8. The highest BCUT2D eigenvalue weighted by molar-refractivity contribution is 5.95. The van der Waals surface area contributed by atoms with Crippen molar-refractivity contribution in [2.24, 2.45) is 11.5 Å². The summed E-state index contributed by atoms with van der Waals surface area (Å²) in [7, 11) is 0. The molecule has 2 heterocycles. The van der Waals surface area contributed by atoms with Crippen LogP contribution in [0.2, 0.25) is 0 Å². The van der Waals surface area contributed by atoms with Gasteiger partial charge in [0, 0.05) is 53.5 Å². The molecule has 0 bridgehead atoms. The molecule has 4 rings (SSSR count). The molecule has 0 aliphatic carbocycles. The number of aromatic nitrogens is 2. The van der Waals surface area contributed by atoms with Gasteiger partial charge in [-0.2, -0.15) is 0 Å². The van der Waals surface area contributed by atoms with Gasteiger partial charge in [-0.15, -0.1) is 0 Å². The van der Waals surface area contributed by atoms with Crippen LogP contribution in [0.15, 0.2) is 60.9 Å². The number of carbonyl (C=O) groups excluding carboxylic acids is 3. The smallest absolute Gasteiger partial charge is 0.326 e. The number of aromatic amines is 2. The quantitative estimate of drug-likeness (QED) is 0.0705. The topological polar surface area (TPSA) is 246 Å². The summed E-state index contributed by atoms with van der Waals surface area (Å²) >= 11 is 0. The summed E-state index contributed by atoms with van der Waals surface area (Å²) in [5.74, 6) is -4.47. The lowest BCUT2D eigenvalue weighted by Crippen LogP contribution is -2.58. The third-order valence-corrected chi connectivity index (χ3v) is 8.03. The molecule has 250 valence electrons. The van der Waals surface area contributed by atoms with Crippen LogP contribution in [-0.4, -0.2) is 80.6 Å². The minimum atomic E-state index is -1.22. The minimum absolute atomic E-state index is 0.0165. The van der Waals surface area contributed by atoms with E-state index in [1.807, 2.05) is 48.5 Å². The number of rotatable bonds is 18. The maximum atomic E-state index is 14.0. The van der Waals surface area contributed by atoms with E-state index < -0.39 is 53.8 Å². The second-order valence-corrected chi connectivity index (χ2v) is 11.5. The van der Waals surface area contributed by atoms with Crippen molar-refractivity contribution in [3.05, 3.63) is 72.1 Å². The van der Waals surface area contributed by atoms with Gasteiger partial charge >= 0.3 is 11.9 Å². The van der Waals surface area contributed by atoms with E-state index in [0.717, 1.165) is 21.8 Å². The van der Waals surface area contributed by atoms with E-state index in [1.54, 1.807) is 12.4 Å². The molecule has 0 saturated carbocycles. The predicted molar refractivity (Wildman–Crippen MR) is 175 cm³/mol. The van der Waals surface area contributed by atoms with Gasteiger partial charge in [0.15, 0.2) is 0 Å².